The van der Waals surface area contributed by atoms with Gasteiger partial charge in [-0.05, 0) is 32.1 Å². The molecule has 1 aromatic heterocycles. The van der Waals surface area contributed by atoms with Gasteiger partial charge in [0.25, 0.3) is 0 Å². The van der Waals surface area contributed by atoms with Crippen molar-refractivity contribution < 1.29 is 0 Å². The smallest absolute Gasteiger partial charge is 0.184 e. The second-order valence-electron chi connectivity index (χ2n) is 4.34. The Hall–Kier alpha value is -1.88. The summed E-state index contributed by atoms with van der Waals surface area (Å²) in [6.07, 6.45) is 3.82. The molecule has 18 heavy (non-hydrogen) atoms. The molecule has 94 valence electrons. The van der Waals surface area contributed by atoms with Gasteiger partial charge in [-0.15, -0.1) is 0 Å². The summed E-state index contributed by atoms with van der Waals surface area (Å²) >= 11 is 4.70. The molecule has 0 amide bonds. The summed E-state index contributed by atoms with van der Waals surface area (Å²) < 4.78 is 2.22. The van der Waals surface area contributed by atoms with Crippen LogP contribution in [0.5, 0.6) is 0 Å². The van der Waals surface area contributed by atoms with Gasteiger partial charge >= 0.3 is 0 Å². The Labute approximate surface area is 111 Å². The first-order valence-electron chi connectivity index (χ1n) is 5.77. The summed E-state index contributed by atoms with van der Waals surface area (Å²) in [7, 11) is 0. The van der Waals surface area contributed by atoms with E-state index < -0.39 is 0 Å². The Balaban J connectivity index is 2.45. The van der Waals surface area contributed by atoms with Crippen molar-refractivity contribution in [2.45, 2.75) is 19.9 Å². The highest BCUT2D eigenvalue weighted by Gasteiger charge is 2.08. The average Bonchev–Trinajstić information content (AvgIpc) is 2.68. The van der Waals surface area contributed by atoms with Gasteiger partial charge in [-0.2, -0.15) is 5.10 Å². The van der Waals surface area contributed by atoms with Crippen LogP contribution in [0, 0.1) is 0 Å². The minimum atomic E-state index is 0.166. The maximum atomic E-state index is 5.32. The molecule has 1 heterocycles. The number of rotatable bonds is 3. The summed E-state index contributed by atoms with van der Waals surface area (Å²) in [5.41, 5.74) is 10.1. The van der Waals surface area contributed by atoms with Crippen LogP contribution in [0.4, 0.5) is 0 Å². The van der Waals surface area contributed by atoms with E-state index in [1.165, 1.54) is 10.9 Å². The number of benzene rings is 1. The van der Waals surface area contributed by atoms with E-state index in [0.717, 1.165) is 5.56 Å². The number of para-hydroxylation sites is 1. The van der Waals surface area contributed by atoms with Crippen molar-refractivity contribution in [3.63, 3.8) is 0 Å². The lowest BCUT2D eigenvalue weighted by Gasteiger charge is -2.08. The third-order valence-corrected chi connectivity index (χ3v) is 2.80. The van der Waals surface area contributed by atoms with Crippen molar-refractivity contribution in [1.29, 1.82) is 0 Å². The molecule has 0 saturated heterocycles. The number of nitrogens with one attached hydrogen (secondary N) is 1. The fraction of sp³-hybridized carbons (Fsp3) is 0.231. The van der Waals surface area contributed by atoms with Crippen molar-refractivity contribution in [1.82, 2.24) is 9.99 Å². The fourth-order valence-electron chi connectivity index (χ4n) is 1.93. The highest BCUT2D eigenvalue weighted by Crippen LogP contribution is 2.23. The Kier molecular flexibility index (Phi) is 3.62. The molecule has 0 aliphatic heterocycles. The monoisotopic (exact) mass is 260 g/mol. The maximum Gasteiger partial charge on any atom is 0.184 e. The minimum Gasteiger partial charge on any atom is -0.375 e. The van der Waals surface area contributed by atoms with Gasteiger partial charge in [-0.3, -0.25) is 5.43 Å². The van der Waals surface area contributed by atoms with Gasteiger partial charge in [0.15, 0.2) is 5.11 Å². The van der Waals surface area contributed by atoms with Crippen molar-refractivity contribution >= 4 is 34.4 Å². The molecule has 1 aromatic carbocycles. The van der Waals surface area contributed by atoms with E-state index in [0.29, 0.717) is 6.04 Å². The lowest BCUT2D eigenvalue weighted by atomic mass is 10.2. The summed E-state index contributed by atoms with van der Waals surface area (Å²) in [4.78, 5) is 0. The molecule has 0 spiro atoms. The predicted molar refractivity (Wildman–Crippen MR) is 79.8 cm³/mol. The van der Waals surface area contributed by atoms with Gasteiger partial charge in [0.05, 0.1) is 6.21 Å². The standard InChI is InChI=1S/C13H16N4S/c1-9(2)17-8-10(7-15-16-13(14)18)11-5-3-4-6-12(11)17/h3-9H,1-2H3,(H3,14,16,18)/b15-7-. The predicted octanol–water partition coefficient (Wildman–Crippen LogP) is 2.39. The van der Waals surface area contributed by atoms with E-state index in [9.17, 15) is 0 Å². The van der Waals surface area contributed by atoms with Crippen LogP contribution in [-0.2, 0) is 0 Å². The molecule has 0 saturated carbocycles. The number of hydrogen-bond donors (Lipinski definition) is 2. The molecule has 0 unspecified atom stereocenters. The van der Waals surface area contributed by atoms with Crippen LogP contribution in [0.25, 0.3) is 10.9 Å². The quantitative estimate of drug-likeness (QED) is 0.506. The zero-order valence-corrected chi connectivity index (χ0v) is 11.2. The Morgan fingerprint density at radius 2 is 2.17 bits per heavy atom. The molecule has 2 rings (SSSR count). The second kappa shape index (κ2) is 5.18. The van der Waals surface area contributed by atoms with Gasteiger partial charge < -0.3 is 10.3 Å². The van der Waals surface area contributed by atoms with Gasteiger partial charge in [0, 0.05) is 28.7 Å². The molecular formula is C13H16N4S. The first kappa shape index (κ1) is 12.6. The van der Waals surface area contributed by atoms with Crippen molar-refractivity contribution in [2.75, 3.05) is 0 Å². The zero-order valence-electron chi connectivity index (χ0n) is 10.4. The number of hydrazone groups is 1. The Bertz CT molecular complexity index is 598. The summed E-state index contributed by atoms with van der Waals surface area (Å²) in [6, 6.07) is 8.64. The van der Waals surface area contributed by atoms with E-state index >= 15 is 0 Å². The molecule has 5 heteroatoms. The highest BCUT2D eigenvalue weighted by molar-refractivity contribution is 7.80. The van der Waals surface area contributed by atoms with E-state index in [4.69, 9.17) is 18.0 Å². The van der Waals surface area contributed by atoms with Gasteiger partial charge in [-0.1, -0.05) is 18.2 Å². The summed E-state index contributed by atoms with van der Waals surface area (Å²) in [5.74, 6) is 0. The van der Waals surface area contributed by atoms with Crippen LogP contribution in [0.15, 0.2) is 35.6 Å². The summed E-state index contributed by atoms with van der Waals surface area (Å²) in [5, 5.41) is 5.34. The SMILES string of the molecule is CC(C)n1cc(/C=N\NC(N)=S)c2ccccc21. The molecule has 4 nitrogen and oxygen atoms in total. The van der Waals surface area contributed by atoms with Crippen LogP contribution in [0.3, 0.4) is 0 Å². The molecular weight excluding hydrogens is 244 g/mol. The Morgan fingerprint density at radius 3 is 2.83 bits per heavy atom. The Morgan fingerprint density at radius 1 is 1.44 bits per heavy atom. The van der Waals surface area contributed by atoms with E-state index in [1.807, 2.05) is 12.1 Å². The number of thiocarbonyl (C=S) groups is 1. The number of nitrogens with two attached hydrogens (primary N) is 1. The van der Waals surface area contributed by atoms with Crippen LogP contribution < -0.4 is 11.2 Å². The molecule has 0 bridgehead atoms. The van der Waals surface area contributed by atoms with Crippen molar-refractivity contribution in [3.05, 3.63) is 36.0 Å². The molecule has 0 aliphatic rings. The lowest BCUT2D eigenvalue weighted by molar-refractivity contribution is 0.623. The third kappa shape index (κ3) is 2.51. The molecule has 3 N–H and O–H groups in total. The topological polar surface area (TPSA) is 55.3 Å². The first-order valence-corrected chi connectivity index (χ1v) is 6.18. The molecule has 2 aromatic rings. The zero-order chi connectivity index (χ0) is 13.1. The van der Waals surface area contributed by atoms with Crippen molar-refractivity contribution in [2.24, 2.45) is 10.8 Å². The number of hydrogen-bond acceptors (Lipinski definition) is 2. The van der Waals surface area contributed by atoms with E-state index in [-0.39, 0.29) is 5.11 Å². The fourth-order valence-corrected chi connectivity index (χ4v) is 1.98. The van der Waals surface area contributed by atoms with Crippen LogP contribution in [0.2, 0.25) is 0 Å². The van der Waals surface area contributed by atoms with Crippen LogP contribution >= 0.6 is 12.2 Å². The molecule has 0 fully saturated rings. The molecule has 0 atom stereocenters. The lowest BCUT2D eigenvalue weighted by Crippen LogP contribution is -2.23. The van der Waals surface area contributed by atoms with E-state index in [2.05, 4.69) is 47.3 Å². The first-order chi connectivity index (χ1) is 8.59. The maximum absolute atomic E-state index is 5.32. The van der Waals surface area contributed by atoms with Crippen LogP contribution in [-0.4, -0.2) is 15.9 Å². The highest BCUT2D eigenvalue weighted by atomic mass is 32.1. The molecule has 0 aliphatic carbocycles. The summed E-state index contributed by atoms with van der Waals surface area (Å²) in [6.45, 7) is 4.31. The van der Waals surface area contributed by atoms with Crippen LogP contribution in [0.1, 0.15) is 25.5 Å². The number of fused-ring (bicyclic) bond motifs is 1. The normalized spacial score (nSPS) is 11.5. The van der Waals surface area contributed by atoms with Gasteiger partial charge in [0.2, 0.25) is 0 Å². The average molecular weight is 260 g/mol. The molecule has 0 radical (unpaired) electrons. The van der Waals surface area contributed by atoms with E-state index in [1.54, 1.807) is 6.21 Å². The number of nitrogens with zero attached hydrogens (tertiary/aromatic N) is 2. The van der Waals surface area contributed by atoms with Crippen molar-refractivity contribution in [3.8, 4) is 0 Å². The third-order valence-electron chi connectivity index (χ3n) is 2.71. The second-order valence-corrected chi connectivity index (χ2v) is 4.78. The minimum absolute atomic E-state index is 0.166. The van der Waals surface area contributed by atoms with Gasteiger partial charge in [0.1, 0.15) is 0 Å². The van der Waals surface area contributed by atoms with Gasteiger partial charge in [-0.25, -0.2) is 0 Å². The largest absolute Gasteiger partial charge is 0.375 e. The number of aromatic nitrogens is 1.